The normalized spacial score (nSPS) is 11.3. The number of rotatable bonds is 3. The number of carboxylic acid groups (broad SMARTS) is 1. The predicted octanol–water partition coefficient (Wildman–Crippen LogP) is 4.40. The number of aryl methyl sites for hydroxylation is 1. The van der Waals surface area contributed by atoms with Crippen molar-refractivity contribution in [1.82, 2.24) is 0 Å². The van der Waals surface area contributed by atoms with Crippen LogP contribution in [0, 0.1) is 12.7 Å². The Morgan fingerprint density at radius 2 is 1.73 bits per heavy atom. The fourth-order valence-corrected chi connectivity index (χ4v) is 1.99. The molecule has 0 aromatic heterocycles. The summed E-state index contributed by atoms with van der Waals surface area (Å²) in [6.45, 7) is 1.58. The minimum atomic E-state index is -4.79. The van der Waals surface area contributed by atoms with E-state index in [-0.39, 0.29) is 0 Å². The zero-order valence-corrected chi connectivity index (χ0v) is 11.2. The molecule has 0 aliphatic rings. The summed E-state index contributed by atoms with van der Waals surface area (Å²) < 4.78 is 53.7. The van der Waals surface area contributed by atoms with Gasteiger partial charge in [0.1, 0.15) is 11.6 Å². The molecule has 0 heterocycles. The Morgan fingerprint density at radius 3 is 2.23 bits per heavy atom. The van der Waals surface area contributed by atoms with Crippen molar-refractivity contribution >= 4 is 5.97 Å². The monoisotopic (exact) mass is 314 g/mol. The van der Waals surface area contributed by atoms with Gasteiger partial charge in [0.2, 0.25) is 0 Å². The highest BCUT2D eigenvalue weighted by Crippen LogP contribution is 2.29. The molecule has 3 nitrogen and oxygen atoms in total. The van der Waals surface area contributed by atoms with Crippen LogP contribution in [0.25, 0.3) is 11.1 Å². The van der Waals surface area contributed by atoms with Crippen molar-refractivity contribution in [3.63, 3.8) is 0 Å². The molecule has 0 aliphatic heterocycles. The van der Waals surface area contributed by atoms with E-state index in [1.165, 1.54) is 18.2 Å². The number of aromatic carboxylic acids is 1. The molecular formula is C15H10F4O3. The molecule has 0 saturated heterocycles. The van der Waals surface area contributed by atoms with E-state index in [4.69, 9.17) is 5.11 Å². The summed E-state index contributed by atoms with van der Waals surface area (Å²) in [5.41, 5.74) is 0.866. The Morgan fingerprint density at radius 1 is 1.14 bits per heavy atom. The maximum Gasteiger partial charge on any atom is 0.573 e. The van der Waals surface area contributed by atoms with Crippen LogP contribution in [0.2, 0.25) is 0 Å². The first-order valence-corrected chi connectivity index (χ1v) is 6.07. The van der Waals surface area contributed by atoms with Gasteiger partial charge in [0, 0.05) is 0 Å². The fourth-order valence-electron chi connectivity index (χ4n) is 1.99. The van der Waals surface area contributed by atoms with Gasteiger partial charge >= 0.3 is 12.3 Å². The van der Waals surface area contributed by atoms with Crippen LogP contribution < -0.4 is 4.74 Å². The SMILES string of the molecule is Cc1cc(C(=O)O)c(F)cc1-c1ccc(OC(F)(F)F)cc1. The molecule has 0 aliphatic carbocycles. The Kier molecular flexibility index (Phi) is 4.07. The molecule has 2 rings (SSSR count). The number of hydrogen-bond acceptors (Lipinski definition) is 2. The lowest BCUT2D eigenvalue weighted by molar-refractivity contribution is -0.274. The standard InChI is InChI=1S/C15H10F4O3/c1-8-6-12(14(20)21)13(16)7-11(8)9-2-4-10(5-3-9)22-15(17,18)19/h2-7H,1H3,(H,20,21). The van der Waals surface area contributed by atoms with Crippen LogP contribution in [0.15, 0.2) is 36.4 Å². The van der Waals surface area contributed by atoms with Crippen LogP contribution in [0.1, 0.15) is 15.9 Å². The van der Waals surface area contributed by atoms with Crippen LogP contribution in [0.4, 0.5) is 17.6 Å². The van der Waals surface area contributed by atoms with Gasteiger partial charge in [-0.2, -0.15) is 0 Å². The topological polar surface area (TPSA) is 46.5 Å². The van der Waals surface area contributed by atoms with E-state index in [0.717, 1.165) is 18.2 Å². The van der Waals surface area contributed by atoms with Gasteiger partial charge in [-0.1, -0.05) is 12.1 Å². The molecule has 0 saturated carbocycles. The lowest BCUT2D eigenvalue weighted by atomic mass is 9.98. The number of ether oxygens (including phenoxy) is 1. The molecule has 0 spiro atoms. The predicted molar refractivity (Wildman–Crippen MR) is 70.2 cm³/mol. The van der Waals surface area contributed by atoms with E-state index >= 15 is 0 Å². The zero-order chi connectivity index (χ0) is 16.5. The number of carbonyl (C=O) groups is 1. The summed E-state index contributed by atoms with van der Waals surface area (Å²) in [6.07, 6.45) is -4.79. The lowest BCUT2D eigenvalue weighted by Gasteiger charge is -2.11. The molecule has 2 aromatic rings. The van der Waals surface area contributed by atoms with Gasteiger partial charge in [-0.05, 0) is 47.9 Å². The fraction of sp³-hybridized carbons (Fsp3) is 0.133. The van der Waals surface area contributed by atoms with Crippen molar-refractivity contribution in [2.75, 3.05) is 0 Å². The molecule has 0 unspecified atom stereocenters. The Labute approximate surface area is 122 Å². The van der Waals surface area contributed by atoms with Crippen LogP contribution in [0.3, 0.4) is 0 Å². The highest BCUT2D eigenvalue weighted by molar-refractivity contribution is 5.89. The summed E-state index contributed by atoms with van der Waals surface area (Å²) in [4.78, 5) is 10.8. The third kappa shape index (κ3) is 3.55. The van der Waals surface area contributed by atoms with Crippen molar-refractivity contribution in [2.24, 2.45) is 0 Å². The maximum atomic E-state index is 13.7. The van der Waals surface area contributed by atoms with Gasteiger partial charge in [0.05, 0.1) is 5.56 Å². The van der Waals surface area contributed by atoms with E-state index in [1.807, 2.05) is 0 Å². The quantitative estimate of drug-likeness (QED) is 0.854. The van der Waals surface area contributed by atoms with Gasteiger partial charge in [0.25, 0.3) is 0 Å². The molecular weight excluding hydrogens is 304 g/mol. The van der Waals surface area contributed by atoms with E-state index in [1.54, 1.807) is 6.92 Å². The summed E-state index contributed by atoms with van der Waals surface area (Å²) >= 11 is 0. The number of carboxylic acids is 1. The average molecular weight is 314 g/mol. The molecule has 2 aromatic carbocycles. The van der Waals surface area contributed by atoms with Gasteiger partial charge in [-0.25, -0.2) is 9.18 Å². The molecule has 116 valence electrons. The first-order chi connectivity index (χ1) is 10.2. The summed E-state index contributed by atoms with van der Waals surface area (Å²) in [5, 5.41) is 8.83. The van der Waals surface area contributed by atoms with Crippen LogP contribution in [0.5, 0.6) is 5.75 Å². The van der Waals surface area contributed by atoms with E-state index in [2.05, 4.69) is 4.74 Å². The molecule has 0 atom stereocenters. The highest BCUT2D eigenvalue weighted by atomic mass is 19.4. The van der Waals surface area contributed by atoms with Crippen LogP contribution in [-0.4, -0.2) is 17.4 Å². The third-order valence-corrected chi connectivity index (χ3v) is 2.94. The number of halogens is 4. The summed E-state index contributed by atoms with van der Waals surface area (Å²) in [5.74, 6) is -2.69. The van der Waals surface area contributed by atoms with Crippen LogP contribution >= 0.6 is 0 Å². The summed E-state index contributed by atoms with van der Waals surface area (Å²) in [6, 6.07) is 7.09. The second-order valence-corrected chi connectivity index (χ2v) is 4.52. The molecule has 1 N–H and O–H groups in total. The molecule has 22 heavy (non-hydrogen) atoms. The first-order valence-electron chi connectivity index (χ1n) is 6.07. The Bertz CT molecular complexity index is 706. The van der Waals surface area contributed by atoms with Crippen molar-refractivity contribution in [3.8, 4) is 16.9 Å². The maximum absolute atomic E-state index is 13.7. The number of hydrogen-bond donors (Lipinski definition) is 1. The molecule has 0 radical (unpaired) electrons. The molecule has 0 bridgehead atoms. The number of alkyl halides is 3. The van der Waals surface area contributed by atoms with Crippen LogP contribution in [-0.2, 0) is 0 Å². The molecule has 0 fully saturated rings. The zero-order valence-electron chi connectivity index (χ0n) is 11.2. The first kappa shape index (κ1) is 15.8. The summed E-state index contributed by atoms with van der Waals surface area (Å²) in [7, 11) is 0. The minimum Gasteiger partial charge on any atom is -0.478 e. The minimum absolute atomic E-state index is 0.390. The van der Waals surface area contributed by atoms with E-state index in [9.17, 15) is 22.4 Å². The third-order valence-electron chi connectivity index (χ3n) is 2.94. The molecule has 7 heteroatoms. The largest absolute Gasteiger partial charge is 0.573 e. The van der Waals surface area contributed by atoms with Gasteiger partial charge in [0.15, 0.2) is 0 Å². The van der Waals surface area contributed by atoms with Gasteiger partial charge < -0.3 is 9.84 Å². The van der Waals surface area contributed by atoms with Crippen molar-refractivity contribution in [2.45, 2.75) is 13.3 Å². The Balaban J connectivity index is 2.36. The second kappa shape index (κ2) is 5.67. The van der Waals surface area contributed by atoms with E-state index < -0.39 is 29.5 Å². The van der Waals surface area contributed by atoms with Crippen molar-refractivity contribution in [1.29, 1.82) is 0 Å². The van der Waals surface area contributed by atoms with Gasteiger partial charge in [-0.15, -0.1) is 13.2 Å². The van der Waals surface area contributed by atoms with E-state index in [0.29, 0.717) is 16.7 Å². The lowest BCUT2D eigenvalue weighted by Crippen LogP contribution is -2.16. The smallest absolute Gasteiger partial charge is 0.478 e. The van der Waals surface area contributed by atoms with Crippen molar-refractivity contribution < 1.29 is 32.2 Å². The molecule has 0 amide bonds. The number of benzene rings is 2. The highest BCUT2D eigenvalue weighted by Gasteiger charge is 2.31. The average Bonchev–Trinajstić information content (AvgIpc) is 2.40. The van der Waals surface area contributed by atoms with Crippen molar-refractivity contribution in [3.05, 3.63) is 53.3 Å². The Hall–Kier alpha value is -2.57. The van der Waals surface area contributed by atoms with Gasteiger partial charge in [-0.3, -0.25) is 0 Å². The second-order valence-electron chi connectivity index (χ2n) is 4.52.